The normalized spacial score (nSPS) is 22.9. The lowest BCUT2D eigenvalue weighted by Gasteiger charge is -2.19. The van der Waals surface area contributed by atoms with Crippen molar-refractivity contribution in [3.63, 3.8) is 0 Å². The molecule has 20 heavy (non-hydrogen) atoms. The molecule has 0 saturated carbocycles. The molecule has 5 N–H and O–H groups in total. The average Bonchev–Trinajstić information content (AvgIpc) is 2.83. The molecule has 1 aliphatic rings. The monoisotopic (exact) mass is 299 g/mol. The number of sulfonamides is 1. The lowest BCUT2D eigenvalue weighted by atomic mass is 9.99. The third-order valence-electron chi connectivity index (χ3n) is 3.68. The van der Waals surface area contributed by atoms with Crippen molar-refractivity contribution in [3.8, 4) is 0 Å². The van der Waals surface area contributed by atoms with Gasteiger partial charge in [0.1, 0.15) is 4.90 Å². The molecule has 2 atom stereocenters. The van der Waals surface area contributed by atoms with Gasteiger partial charge >= 0.3 is 0 Å². The zero-order valence-electron chi connectivity index (χ0n) is 11.5. The molecule has 1 saturated heterocycles. The summed E-state index contributed by atoms with van der Waals surface area (Å²) in [5.41, 5.74) is 6.63. The van der Waals surface area contributed by atoms with Crippen LogP contribution in [0.3, 0.4) is 0 Å². The highest BCUT2D eigenvalue weighted by Gasteiger charge is 2.26. The van der Waals surface area contributed by atoms with E-state index in [0.717, 1.165) is 19.4 Å². The average molecular weight is 299 g/mol. The maximum atomic E-state index is 11.4. The Morgan fingerprint density at radius 1 is 1.45 bits per heavy atom. The van der Waals surface area contributed by atoms with Gasteiger partial charge in [-0.25, -0.2) is 13.6 Å². The molecule has 112 valence electrons. The summed E-state index contributed by atoms with van der Waals surface area (Å²) in [6.45, 7) is 3.58. The van der Waals surface area contributed by atoms with Gasteiger partial charge < -0.3 is 15.8 Å². The highest BCUT2D eigenvalue weighted by atomic mass is 32.2. The van der Waals surface area contributed by atoms with Crippen molar-refractivity contribution in [3.05, 3.63) is 18.2 Å². The van der Waals surface area contributed by atoms with E-state index in [4.69, 9.17) is 15.6 Å². The van der Waals surface area contributed by atoms with Crippen molar-refractivity contribution >= 4 is 21.4 Å². The maximum absolute atomic E-state index is 11.4. The highest BCUT2D eigenvalue weighted by Crippen LogP contribution is 2.28. The van der Waals surface area contributed by atoms with E-state index in [1.165, 1.54) is 6.07 Å². The fraction of sp³-hybridized carbons (Fsp3) is 0.538. The van der Waals surface area contributed by atoms with Gasteiger partial charge in [-0.05, 0) is 25.0 Å². The van der Waals surface area contributed by atoms with Crippen LogP contribution in [0.5, 0.6) is 0 Å². The van der Waals surface area contributed by atoms with Crippen LogP contribution in [0.1, 0.15) is 19.8 Å². The summed E-state index contributed by atoms with van der Waals surface area (Å²) in [4.78, 5) is -0.0442. The number of nitrogens with two attached hydrogens (primary N) is 2. The minimum atomic E-state index is -3.80. The Morgan fingerprint density at radius 2 is 2.20 bits per heavy atom. The Morgan fingerprint density at radius 3 is 2.85 bits per heavy atom. The zero-order valence-corrected chi connectivity index (χ0v) is 12.3. The molecule has 0 aromatic heterocycles. The van der Waals surface area contributed by atoms with Crippen LogP contribution in [0.4, 0.5) is 11.4 Å². The topological polar surface area (TPSA) is 107 Å². The van der Waals surface area contributed by atoms with E-state index in [0.29, 0.717) is 18.2 Å². The molecule has 6 nitrogen and oxygen atoms in total. The first-order valence-electron chi connectivity index (χ1n) is 6.70. The van der Waals surface area contributed by atoms with Crippen LogP contribution in [-0.2, 0) is 14.8 Å². The van der Waals surface area contributed by atoms with Gasteiger partial charge in [-0.3, -0.25) is 0 Å². The van der Waals surface area contributed by atoms with Gasteiger partial charge in [0.2, 0.25) is 10.0 Å². The van der Waals surface area contributed by atoms with E-state index in [1.54, 1.807) is 12.1 Å². The standard InChI is InChI=1S/C13H21N3O3S/c1-2-11-9(6-7-19-11)8-16-10-4-3-5-12(13(10)14)20(15,17)18/h3-5,9,11,16H,2,6-8,14H2,1H3,(H2,15,17,18). The van der Waals surface area contributed by atoms with Crippen LogP contribution in [0.15, 0.2) is 23.1 Å². The Bertz CT molecular complexity index is 574. The third-order valence-corrected chi connectivity index (χ3v) is 4.65. The van der Waals surface area contributed by atoms with Gasteiger partial charge in [0, 0.05) is 19.1 Å². The largest absolute Gasteiger partial charge is 0.396 e. The van der Waals surface area contributed by atoms with E-state index in [1.807, 2.05) is 0 Å². The summed E-state index contributed by atoms with van der Waals surface area (Å²) >= 11 is 0. The van der Waals surface area contributed by atoms with E-state index in [9.17, 15) is 8.42 Å². The quantitative estimate of drug-likeness (QED) is 0.707. The number of para-hydroxylation sites is 1. The van der Waals surface area contributed by atoms with Gasteiger partial charge in [-0.1, -0.05) is 13.0 Å². The predicted octanol–water partition coefficient (Wildman–Crippen LogP) is 1.14. The Balaban J connectivity index is 2.11. The zero-order chi connectivity index (χ0) is 14.8. The number of rotatable bonds is 5. The Hall–Kier alpha value is -1.31. The summed E-state index contributed by atoms with van der Waals surface area (Å²) in [7, 11) is -3.80. The molecule has 0 aliphatic carbocycles. The van der Waals surface area contributed by atoms with Crippen LogP contribution >= 0.6 is 0 Å². The summed E-state index contributed by atoms with van der Waals surface area (Å²) in [5, 5.41) is 8.34. The first-order chi connectivity index (χ1) is 9.43. The number of primary sulfonamides is 1. The van der Waals surface area contributed by atoms with Crippen LogP contribution in [0, 0.1) is 5.92 Å². The van der Waals surface area contributed by atoms with Gasteiger partial charge in [-0.2, -0.15) is 0 Å². The van der Waals surface area contributed by atoms with E-state index < -0.39 is 10.0 Å². The van der Waals surface area contributed by atoms with E-state index >= 15 is 0 Å². The minimum Gasteiger partial charge on any atom is -0.396 e. The molecular weight excluding hydrogens is 278 g/mol. The van der Waals surface area contributed by atoms with Crippen LogP contribution in [0.25, 0.3) is 0 Å². The van der Waals surface area contributed by atoms with Crippen molar-refractivity contribution in [2.24, 2.45) is 11.1 Å². The highest BCUT2D eigenvalue weighted by molar-refractivity contribution is 7.89. The van der Waals surface area contributed by atoms with Crippen LogP contribution in [0.2, 0.25) is 0 Å². The van der Waals surface area contributed by atoms with Gasteiger partial charge in [-0.15, -0.1) is 0 Å². The molecule has 2 unspecified atom stereocenters. The fourth-order valence-corrected chi connectivity index (χ4v) is 3.25. The molecule has 0 radical (unpaired) electrons. The van der Waals surface area contributed by atoms with Crippen molar-refractivity contribution < 1.29 is 13.2 Å². The second kappa shape index (κ2) is 5.99. The third kappa shape index (κ3) is 3.23. The molecule has 1 aromatic carbocycles. The molecule has 0 amide bonds. The number of nitrogens with one attached hydrogen (secondary N) is 1. The predicted molar refractivity (Wildman–Crippen MR) is 78.9 cm³/mol. The minimum absolute atomic E-state index is 0.0442. The molecule has 1 heterocycles. The van der Waals surface area contributed by atoms with Crippen molar-refractivity contribution in [2.45, 2.75) is 30.8 Å². The summed E-state index contributed by atoms with van der Waals surface area (Å²) < 4.78 is 28.5. The number of nitrogen functional groups attached to an aromatic ring is 1. The number of ether oxygens (including phenoxy) is 1. The molecule has 0 bridgehead atoms. The number of hydrogen-bond acceptors (Lipinski definition) is 5. The molecule has 0 spiro atoms. The van der Waals surface area contributed by atoms with Gasteiger partial charge in [0.25, 0.3) is 0 Å². The first-order valence-corrected chi connectivity index (χ1v) is 8.25. The lowest BCUT2D eigenvalue weighted by molar-refractivity contribution is 0.0900. The molecule has 1 fully saturated rings. The molecule has 7 heteroatoms. The van der Waals surface area contributed by atoms with Crippen molar-refractivity contribution in [1.82, 2.24) is 0 Å². The maximum Gasteiger partial charge on any atom is 0.240 e. The lowest BCUT2D eigenvalue weighted by Crippen LogP contribution is -2.23. The van der Waals surface area contributed by atoms with Crippen molar-refractivity contribution in [2.75, 3.05) is 24.2 Å². The number of anilines is 2. The van der Waals surface area contributed by atoms with Gasteiger partial charge in [0.05, 0.1) is 17.5 Å². The van der Waals surface area contributed by atoms with E-state index in [-0.39, 0.29) is 16.7 Å². The molecular formula is C13H21N3O3S. The molecule has 2 rings (SSSR count). The summed E-state index contributed by atoms with van der Waals surface area (Å²) in [6, 6.07) is 4.78. The summed E-state index contributed by atoms with van der Waals surface area (Å²) in [6.07, 6.45) is 2.23. The second-order valence-electron chi connectivity index (χ2n) is 5.01. The first kappa shape index (κ1) is 15.1. The fourth-order valence-electron chi connectivity index (χ4n) is 2.56. The van der Waals surface area contributed by atoms with Crippen molar-refractivity contribution in [1.29, 1.82) is 0 Å². The summed E-state index contributed by atoms with van der Waals surface area (Å²) in [5.74, 6) is 0.414. The Kier molecular flexibility index (Phi) is 4.52. The van der Waals surface area contributed by atoms with Crippen LogP contribution < -0.4 is 16.2 Å². The number of benzene rings is 1. The molecule has 1 aromatic rings. The smallest absolute Gasteiger partial charge is 0.240 e. The van der Waals surface area contributed by atoms with E-state index in [2.05, 4.69) is 12.2 Å². The Labute approximate surface area is 119 Å². The second-order valence-corrected chi connectivity index (χ2v) is 6.54. The van der Waals surface area contributed by atoms with Gasteiger partial charge in [0.15, 0.2) is 0 Å². The molecule has 1 aliphatic heterocycles. The van der Waals surface area contributed by atoms with Crippen LogP contribution in [-0.4, -0.2) is 27.7 Å². The SMILES string of the molecule is CCC1OCCC1CNc1cccc(S(N)(=O)=O)c1N. The number of hydrogen-bond donors (Lipinski definition) is 3.